The van der Waals surface area contributed by atoms with Gasteiger partial charge in [0.25, 0.3) is 0 Å². The van der Waals surface area contributed by atoms with Crippen LogP contribution in [-0.4, -0.2) is 9.97 Å². The van der Waals surface area contributed by atoms with Gasteiger partial charge in [0, 0.05) is 12.4 Å². The fourth-order valence-electron chi connectivity index (χ4n) is 6.71. The molecule has 0 unspecified atom stereocenters. The summed E-state index contributed by atoms with van der Waals surface area (Å²) < 4.78 is 0. The topological polar surface area (TPSA) is 73.4 Å². The first-order chi connectivity index (χ1) is 21.8. The van der Waals surface area contributed by atoms with E-state index in [-0.39, 0.29) is 0 Å². The number of hydrogen-bond acceptors (Lipinski definition) is 4. The van der Waals surface area contributed by atoms with Crippen LogP contribution >= 0.6 is 0 Å². The highest BCUT2D eigenvalue weighted by Crippen LogP contribution is 2.49. The second kappa shape index (κ2) is 10.2. The van der Waals surface area contributed by atoms with Crippen molar-refractivity contribution in [1.29, 1.82) is 10.5 Å². The minimum atomic E-state index is 0.392. The van der Waals surface area contributed by atoms with Crippen molar-refractivity contribution >= 4 is 43.1 Å². The molecule has 202 valence electrons. The maximum atomic E-state index is 9.63. The van der Waals surface area contributed by atoms with E-state index < -0.39 is 0 Å². The molecule has 2 heterocycles. The van der Waals surface area contributed by atoms with E-state index in [4.69, 9.17) is 0 Å². The van der Waals surface area contributed by atoms with E-state index in [1.54, 1.807) is 12.4 Å². The Bertz CT molecular complexity index is 2240. The molecule has 44 heavy (non-hydrogen) atoms. The van der Waals surface area contributed by atoms with Gasteiger partial charge in [-0.2, -0.15) is 10.5 Å². The molecule has 0 spiro atoms. The van der Waals surface area contributed by atoms with Gasteiger partial charge in [0.1, 0.15) is 23.5 Å². The van der Waals surface area contributed by atoms with Crippen LogP contribution in [0.5, 0.6) is 0 Å². The third-order valence-corrected chi connectivity index (χ3v) is 8.44. The predicted molar refractivity (Wildman–Crippen MR) is 178 cm³/mol. The van der Waals surface area contributed by atoms with Gasteiger partial charge in [-0.15, -0.1) is 0 Å². The van der Waals surface area contributed by atoms with Crippen molar-refractivity contribution in [3.05, 3.63) is 145 Å². The number of aromatic nitrogens is 2. The number of nitrogens with zero attached hydrogens (tertiary/aromatic N) is 4. The smallest absolute Gasteiger partial charge is 0.141 e. The molecule has 0 aliphatic heterocycles. The molecule has 2 aromatic heterocycles. The lowest BCUT2D eigenvalue weighted by Gasteiger charge is -2.22. The summed E-state index contributed by atoms with van der Waals surface area (Å²) in [5.74, 6) is 0. The van der Waals surface area contributed by atoms with E-state index in [1.807, 2.05) is 24.3 Å². The molecule has 8 rings (SSSR count). The maximum Gasteiger partial charge on any atom is 0.141 e. The van der Waals surface area contributed by atoms with Crippen LogP contribution in [0.2, 0.25) is 0 Å². The second-order valence-electron chi connectivity index (χ2n) is 10.8. The third kappa shape index (κ3) is 3.83. The average Bonchev–Trinajstić information content (AvgIpc) is 3.09. The van der Waals surface area contributed by atoms with Gasteiger partial charge in [0.2, 0.25) is 0 Å². The Morgan fingerprint density at radius 1 is 0.364 bits per heavy atom. The van der Waals surface area contributed by atoms with Crippen molar-refractivity contribution in [2.75, 3.05) is 0 Å². The fraction of sp³-hybridized carbons (Fsp3) is 0. The SMILES string of the molecule is N#Cc1cc(-c2c3ccccc3c(-c3c4ccccc4c(-c4ccnc(C#N)c4)c4ccccc34)c3ccccc23)ccn1. The van der Waals surface area contributed by atoms with Gasteiger partial charge in [-0.3, -0.25) is 0 Å². The van der Waals surface area contributed by atoms with Crippen LogP contribution in [0.4, 0.5) is 0 Å². The summed E-state index contributed by atoms with van der Waals surface area (Å²) in [5, 5.41) is 28.3. The average molecular weight is 559 g/mol. The molecule has 8 aromatic rings. The Kier molecular flexibility index (Phi) is 5.86. The van der Waals surface area contributed by atoms with Gasteiger partial charge in [-0.25, -0.2) is 9.97 Å². The van der Waals surface area contributed by atoms with Crippen molar-refractivity contribution < 1.29 is 0 Å². The van der Waals surface area contributed by atoms with Crippen molar-refractivity contribution in [3.63, 3.8) is 0 Å². The standard InChI is InChI=1S/C40H22N4/c41-23-27-21-25(17-19-43-27)37-29-9-1-5-13-33(29)39(34-14-6-2-10-30(34)37)40-35-15-7-3-11-31(35)38(32-12-4-8-16-36(32)40)26-18-20-44-28(22-26)24-42/h1-22H. The number of rotatable bonds is 3. The first kappa shape index (κ1) is 25.4. The summed E-state index contributed by atoms with van der Waals surface area (Å²) in [7, 11) is 0. The Morgan fingerprint density at radius 3 is 0.909 bits per heavy atom. The zero-order valence-corrected chi connectivity index (χ0v) is 23.5. The quantitative estimate of drug-likeness (QED) is 0.202. The molecule has 0 bridgehead atoms. The largest absolute Gasteiger partial charge is 0.246 e. The zero-order chi connectivity index (χ0) is 29.6. The Labute approximate surface area is 253 Å². The molecule has 4 heteroatoms. The van der Waals surface area contributed by atoms with Crippen LogP contribution in [0.25, 0.3) is 76.5 Å². The predicted octanol–water partition coefficient (Wildman–Crippen LogP) is 9.83. The lowest BCUT2D eigenvalue weighted by atomic mass is 9.81. The fourth-order valence-corrected chi connectivity index (χ4v) is 6.71. The summed E-state index contributed by atoms with van der Waals surface area (Å²) in [6.07, 6.45) is 3.42. The Hall–Kier alpha value is -6.36. The van der Waals surface area contributed by atoms with E-state index in [2.05, 4.69) is 119 Å². The van der Waals surface area contributed by atoms with Gasteiger partial charge < -0.3 is 0 Å². The number of nitriles is 2. The summed E-state index contributed by atoms with van der Waals surface area (Å²) in [4.78, 5) is 8.48. The molecule has 4 nitrogen and oxygen atoms in total. The third-order valence-electron chi connectivity index (χ3n) is 8.44. The summed E-state index contributed by atoms with van der Waals surface area (Å²) >= 11 is 0. The first-order valence-electron chi connectivity index (χ1n) is 14.4. The highest BCUT2D eigenvalue weighted by Gasteiger charge is 2.22. The molecule has 0 radical (unpaired) electrons. The van der Waals surface area contributed by atoms with Crippen LogP contribution < -0.4 is 0 Å². The molecule has 0 fully saturated rings. The van der Waals surface area contributed by atoms with E-state index >= 15 is 0 Å². The van der Waals surface area contributed by atoms with Crippen LogP contribution in [0.3, 0.4) is 0 Å². The van der Waals surface area contributed by atoms with Crippen LogP contribution in [-0.2, 0) is 0 Å². The molecule has 0 saturated heterocycles. The number of benzene rings is 6. The molecule has 0 aliphatic rings. The summed E-state index contributed by atoms with van der Waals surface area (Å²) in [6, 6.07) is 46.3. The molecule has 0 aliphatic carbocycles. The van der Waals surface area contributed by atoms with Crippen molar-refractivity contribution in [3.8, 4) is 45.5 Å². The van der Waals surface area contributed by atoms with Crippen LogP contribution in [0.15, 0.2) is 134 Å². The number of fused-ring (bicyclic) bond motifs is 4. The van der Waals surface area contributed by atoms with E-state index in [9.17, 15) is 10.5 Å². The molecule has 0 amide bonds. The lowest BCUT2D eigenvalue weighted by Crippen LogP contribution is -1.95. The number of hydrogen-bond donors (Lipinski definition) is 0. The van der Waals surface area contributed by atoms with E-state index in [0.29, 0.717) is 11.4 Å². The first-order valence-corrected chi connectivity index (χ1v) is 14.4. The van der Waals surface area contributed by atoms with Gasteiger partial charge in [-0.1, -0.05) is 97.1 Å². The Balaban J connectivity index is 1.58. The highest BCUT2D eigenvalue weighted by atomic mass is 14.7. The van der Waals surface area contributed by atoms with Gasteiger partial charge >= 0.3 is 0 Å². The molecule has 6 aromatic carbocycles. The van der Waals surface area contributed by atoms with Crippen molar-refractivity contribution in [1.82, 2.24) is 9.97 Å². The molecule has 0 atom stereocenters. The second-order valence-corrected chi connectivity index (χ2v) is 10.8. The zero-order valence-electron chi connectivity index (χ0n) is 23.5. The summed E-state index contributed by atoms with van der Waals surface area (Å²) in [6.45, 7) is 0. The lowest BCUT2D eigenvalue weighted by molar-refractivity contribution is 1.27. The van der Waals surface area contributed by atoms with E-state index in [1.165, 1.54) is 11.1 Å². The van der Waals surface area contributed by atoms with Crippen LogP contribution in [0, 0.1) is 22.7 Å². The van der Waals surface area contributed by atoms with Crippen LogP contribution in [0.1, 0.15) is 11.4 Å². The molecular formula is C40H22N4. The summed E-state index contributed by atoms with van der Waals surface area (Å²) in [5.41, 5.74) is 7.22. The molecular weight excluding hydrogens is 536 g/mol. The number of pyridine rings is 2. The molecule has 0 saturated carbocycles. The van der Waals surface area contributed by atoms with E-state index in [0.717, 1.165) is 65.3 Å². The van der Waals surface area contributed by atoms with Gasteiger partial charge in [0.15, 0.2) is 0 Å². The minimum Gasteiger partial charge on any atom is -0.246 e. The van der Waals surface area contributed by atoms with Gasteiger partial charge in [-0.05, 0) is 101 Å². The highest BCUT2D eigenvalue weighted by molar-refractivity contribution is 6.29. The van der Waals surface area contributed by atoms with Crippen molar-refractivity contribution in [2.24, 2.45) is 0 Å². The normalized spacial score (nSPS) is 11.1. The van der Waals surface area contributed by atoms with Crippen molar-refractivity contribution in [2.45, 2.75) is 0 Å². The maximum absolute atomic E-state index is 9.63. The molecule has 0 N–H and O–H groups in total. The monoisotopic (exact) mass is 558 g/mol. The Morgan fingerprint density at radius 2 is 0.636 bits per heavy atom. The van der Waals surface area contributed by atoms with Gasteiger partial charge in [0.05, 0.1) is 0 Å². The minimum absolute atomic E-state index is 0.392.